The number of Topliss-reactive ketones (excluding diaryl/α,β-unsaturated/α-hetero) is 1. The highest BCUT2D eigenvalue weighted by molar-refractivity contribution is 5.84. The number of ether oxygens (including phenoxy) is 1. The number of unbranched alkanes of at least 4 members (excludes halogenated alkanes) is 1. The number of carboxylic acid groups (broad SMARTS) is 1. The molecule has 1 fully saturated rings. The first-order valence-corrected chi connectivity index (χ1v) is 10.6. The molecule has 4 atom stereocenters. The van der Waals surface area contributed by atoms with Crippen molar-refractivity contribution in [1.82, 2.24) is 0 Å². The fourth-order valence-corrected chi connectivity index (χ4v) is 3.40. The molecule has 6 heteroatoms. The summed E-state index contributed by atoms with van der Waals surface area (Å²) in [5, 5.41) is 29.5. The molecule has 0 spiro atoms. The molecule has 166 valence electrons. The summed E-state index contributed by atoms with van der Waals surface area (Å²) in [4.78, 5) is 22.8. The maximum absolute atomic E-state index is 12.3. The minimum atomic E-state index is -0.811. The van der Waals surface area contributed by atoms with Crippen molar-refractivity contribution < 1.29 is 29.6 Å². The second-order valence-electron chi connectivity index (χ2n) is 9.14. The van der Waals surface area contributed by atoms with Crippen LogP contribution in [-0.2, 0) is 14.3 Å². The van der Waals surface area contributed by atoms with Crippen LogP contribution in [0.3, 0.4) is 0 Å². The topological polar surface area (TPSA) is 104 Å². The van der Waals surface area contributed by atoms with Gasteiger partial charge in [-0.2, -0.15) is 0 Å². The zero-order chi connectivity index (χ0) is 22.0. The maximum atomic E-state index is 12.3. The molecule has 0 heterocycles. The van der Waals surface area contributed by atoms with Crippen molar-refractivity contribution in [3.63, 3.8) is 0 Å². The fraction of sp³-hybridized carbons (Fsp3) is 0.739. The number of rotatable bonds is 13. The second kappa shape index (κ2) is 12.3. The third-order valence-corrected chi connectivity index (χ3v) is 5.29. The van der Waals surface area contributed by atoms with Crippen molar-refractivity contribution in [2.24, 2.45) is 23.2 Å². The fourth-order valence-electron chi connectivity index (χ4n) is 3.40. The summed E-state index contributed by atoms with van der Waals surface area (Å²) in [5.41, 5.74) is -0.474. The lowest BCUT2D eigenvalue weighted by Crippen LogP contribution is -2.33. The van der Waals surface area contributed by atoms with E-state index in [1.807, 2.05) is 26.0 Å². The predicted octanol–water partition coefficient (Wildman–Crippen LogP) is 3.37. The average molecular weight is 411 g/mol. The Morgan fingerprint density at radius 2 is 2.00 bits per heavy atom. The van der Waals surface area contributed by atoms with Crippen LogP contribution in [0.15, 0.2) is 24.3 Å². The summed E-state index contributed by atoms with van der Waals surface area (Å²) in [6, 6.07) is 0. The number of aliphatic hydroxyl groups is 2. The van der Waals surface area contributed by atoms with Crippen LogP contribution in [0.25, 0.3) is 0 Å². The van der Waals surface area contributed by atoms with Crippen molar-refractivity contribution in [3.8, 4) is 0 Å². The number of aliphatic carboxylic acids is 1. The molecule has 6 nitrogen and oxygen atoms in total. The van der Waals surface area contributed by atoms with Gasteiger partial charge in [0.1, 0.15) is 5.78 Å². The number of aliphatic hydroxyl groups excluding tert-OH is 2. The molecule has 0 bridgehead atoms. The summed E-state index contributed by atoms with van der Waals surface area (Å²) in [6.07, 6.45) is 7.73. The van der Waals surface area contributed by atoms with Gasteiger partial charge >= 0.3 is 5.97 Å². The van der Waals surface area contributed by atoms with E-state index in [-0.39, 0.29) is 30.5 Å². The van der Waals surface area contributed by atoms with Crippen LogP contribution in [0.5, 0.6) is 0 Å². The number of hydrogen-bond donors (Lipinski definition) is 3. The van der Waals surface area contributed by atoms with Crippen molar-refractivity contribution in [2.75, 3.05) is 13.2 Å². The Bertz CT molecular complexity index is 578. The summed E-state index contributed by atoms with van der Waals surface area (Å²) >= 11 is 0. The zero-order valence-corrected chi connectivity index (χ0v) is 18.2. The van der Waals surface area contributed by atoms with Gasteiger partial charge in [-0.15, -0.1) is 0 Å². The van der Waals surface area contributed by atoms with E-state index in [2.05, 4.69) is 13.8 Å². The van der Waals surface area contributed by atoms with E-state index in [1.165, 1.54) is 0 Å². The van der Waals surface area contributed by atoms with Gasteiger partial charge in [-0.05, 0) is 25.2 Å². The molecule has 0 saturated heterocycles. The number of carbonyl (C=O) groups excluding carboxylic acids is 1. The highest BCUT2D eigenvalue weighted by Crippen LogP contribution is 2.34. The van der Waals surface area contributed by atoms with Crippen LogP contribution in [-0.4, -0.2) is 52.5 Å². The molecule has 1 unspecified atom stereocenters. The Labute approximate surface area is 174 Å². The van der Waals surface area contributed by atoms with Gasteiger partial charge < -0.3 is 20.1 Å². The summed E-state index contributed by atoms with van der Waals surface area (Å²) in [7, 11) is 0. The van der Waals surface area contributed by atoms with Gasteiger partial charge in [-0.3, -0.25) is 9.59 Å². The smallest absolute Gasteiger partial charge is 0.303 e. The minimum Gasteiger partial charge on any atom is -0.481 e. The van der Waals surface area contributed by atoms with E-state index >= 15 is 0 Å². The van der Waals surface area contributed by atoms with E-state index in [0.29, 0.717) is 38.4 Å². The van der Waals surface area contributed by atoms with Gasteiger partial charge in [-0.25, -0.2) is 0 Å². The molecule has 1 rings (SSSR count). The Hall–Kier alpha value is -1.50. The number of hydrogen-bond acceptors (Lipinski definition) is 5. The van der Waals surface area contributed by atoms with Gasteiger partial charge in [0.25, 0.3) is 0 Å². The van der Waals surface area contributed by atoms with Crippen LogP contribution in [0, 0.1) is 23.2 Å². The van der Waals surface area contributed by atoms with Gasteiger partial charge in [0.15, 0.2) is 0 Å². The molecule has 1 aliphatic carbocycles. The van der Waals surface area contributed by atoms with Crippen molar-refractivity contribution >= 4 is 11.8 Å². The molecule has 0 aromatic carbocycles. The predicted molar refractivity (Wildman–Crippen MR) is 112 cm³/mol. The SMILES string of the molecule is CC(C)COCC(C)(C)C(O)/C=C/[C@H]1[C@H](O)CC(=O)[C@@H]1C/C=C\CCCC(=O)O. The van der Waals surface area contributed by atoms with E-state index in [4.69, 9.17) is 9.84 Å². The maximum Gasteiger partial charge on any atom is 0.303 e. The zero-order valence-electron chi connectivity index (χ0n) is 18.2. The number of allylic oxidation sites excluding steroid dienone is 2. The lowest BCUT2D eigenvalue weighted by Gasteiger charge is -2.29. The van der Waals surface area contributed by atoms with Crippen LogP contribution in [0.1, 0.15) is 59.8 Å². The van der Waals surface area contributed by atoms with E-state index in [1.54, 1.807) is 12.2 Å². The van der Waals surface area contributed by atoms with Crippen molar-refractivity contribution in [3.05, 3.63) is 24.3 Å². The average Bonchev–Trinajstić information content (AvgIpc) is 2.87. The van der Waals surface area contributed by atoms with E-state index < -0.39 is 23.6 Å². The molecule has 0 aromatic heterocycles. The van der Waals surface area contributed by atoms with Crippen LogP contribution in [0.4, 0.5) is 0 Å². The van der Waals surface area contributed by atoms with Crippen LogP contribution >= 0.6 is 0 Å². The van der Waals surface area contributed by atoms with Gasteiger partial charge in [0, 0.05) is 36.7 Å². The lowest BCUT2D eigenvalue weighted by molar-refractivity contribution is -0.137. The van der Waals surface area contributed by atoms with E-state index in [9.17, 15) is 19.8 Å². The molecule has 1 saturated carbocycles. The Morgan fingerprint density at radius 3 is 2.62 bits per heavy atom. The normalized spacial score (nSPS) is 24.2. The Kier molecular flexibility index (Phi) is 10.8. The first-order chi connectivity index (χ1) is 13.5. The molecule has 0 radical (unpaired) electrons. The molecule has 0 aliphatic heterocycles. The van der Waals surface area contributed by atoms with Crippen LogP contribution in [0.2, 0.25) is 0 Å². The Morgan fingerprint density at radius 1 is 1.31 bits per heavy atom. The number of carboxylic acids is 1. The Balaban J connectivity index is 2.62. The highest BCUT2D eigenvalue weighted by atomic mass is 16.5. The standard InChI is InChI=1S/C23H38O6/c1-16(2)14-29-15-23(3,4)21(26)12-11-18-17(19(24)13-20(18)25)9-7-5-6-8-10-22(27)28/h5,7,11-12,16-18,20-21,25-26H,6,8-10,13-15H2,1-4H3,(H,27,28)/b7-5-,12-11+/t17-,18-,20-,21?/m1/s1. The first kappa shape index (κ1) is 25.5. The van der Waals surface area contributed by atoms with E-state index in [0.717, 1.165) is 0 Å². The third-order valence-electron chi connectivity index (χ3n) is 5.29. The first-order valence-electron chi connectivity index (χ1n) is 10.6. The van der Waals surface area contributed by atoms with Crippen molar-refractivity contribution in [2.45, 2.75) is 72.0 Å². The van der Waals surface area contributed by atoms with Crippen molar-refractivity contribution in [1.29, 1.82) is 0 Å². The third kappa shape index (κ3) is 9.24. The molecule has 3 N–H and O–H groups in total. The molecule has 1 aliphatic rings. The molecule has 29 heavy (non-hydrogen) atoms. The summed E-state index contributed by atoms with van der Waals surface area (Å²) in [5.74, 6) is -1.00. The number of carbonyl (C=O) groups is 2. The molecule has 0 aromatic rings. The molecule has 0 amide bonds. The molecular weight excluding hydrogens is 372 g/mol. The number of ketones is 1. The largest absolute Gasteiger partial charge is 0.481 e. The van der Waals surface area contributed by atoms with Gasteiger partial charge in [-0.1, -0.05) is 52.0 Å². The summed E-state index contributed by atoms with van der Waals surface area (Å²) in [6.45, 7) is 9.05. The summed E-state index contributed by atoms with van der Waals surface area (Å²) < 4.78 is 5.67. The molecular formula is C23H38O6. The quantitative estimate of drug-likeness (QED) is 0.318. The monoisotopic (exact) mass is 410 g/mol. The second-order valence-corrected chi connectivity index (χ2v) is 9.14. The van der Waals surface area contributed by atoms with Gasteiger partial charge in [0.2, 0.25) is 0 Å². The minimum absolute atomic E-state index is 0.0244. The lowest BCUT2D eigenvalue weighted by atomic mass is 9.85. The van der Waals surface area contributed by atoms with Crippen LogP contribution < -0.4 is 0 Å². The van der Waals surface area contributed by atoms with Gasteiger partial charge in [0.05, 0.1) is 18.8 Å². The highest BCUT2D eigenvalue weighted by Gasteiger charge is 2.39.